The lowest BCUT2D eigenvalue weighted by Gasteiger charge is -2.48. The Bertz CT molecular complexity index is 251. The highest BCUT2D eigenvalue weighted by molar-refractivity contribution is 14.1. The Hall–Kier alpha value is 0.610. The number of aliphatic hydroxyl groups is 1. The summed E-state index contributed by atoms with van der Waals surface area (Å²) < 4.78 is 7.64. The number of nitrogens with zero attached hydrogens (tertiary/aromatic N) is 1. The lowest BCUT2D eigenvalue weighted by Crippen LogP contribution is -2.47. The van der Waals surface area contributed by atoms with Gasteiger partial charge in [-0.3, -0.25) is 0 Å². The van der Waals surface area contributed by atoms with Crippen molar-refractivity contribution in [2.75, 3.05) is 33.4 Å². The topological polar surface area (TPSA) is 32.7 Å². The predicted molar refractivity (Wildman–Crippen MR) is 72.5 cm³/mol. The second-order valence-electron chi connectivity index (χ2n) is 5.45. The molecule has 1 heterocycles. The largest absolute Gasteiger partial charge is 0.396 e. The maximum atomic E-state index is 9.86. The molecule has 2 fully saturated rings. The van der Waals surface area contributed by atoms with Crippen LogP contribution in [0.5, 0.6) is 0 Å². The van der Waals surface area contributed by atoms with Crippen LogP contribution in [0, 0.1) is 10.8 Å². The van der Waals surface area contributed by atoms with E-state index in [0.717, 1.165) is 26.1 Å². The molecule has 1 N–H and O–H groups in total. The first kappa shape index (κ1) is 13.1. The average Bonchev–Trinajstić information content (AvgIpc) is 2.59. The fraction of sp³-hybridized carbons (Fsp3) is 1.00. The zero-order chi connectivity index (χ0) is 11.6. The number of aliphatic hydroxyl groups excluding tert-OH is 1. The van der Waals surface area contributed by atoms with Crippen LogP contribution in [0.3, 0.4) is 0 Å². The van der Waals surface area contributed by atoms with E-state index in [2.05, 4.69) is 26.0 Å². The van der Waals surface area contributed by atoms with Crippen LogP contribution in [0.15, 0.2) is 0 Å². The Labute approximate surface area is 112 Å². The number of hydrogen-bond acceptors (Lipinski definition) is 3. The molecule has 0 bridgehead atoms. The molecule has 2 rings (SSSR count). The minimum absolute atomic E-state index is 0.144. The molecular formula is C12H22INO2. The molecule has 0 aromatic rings. The highest BCUT2D eigenvalue weighted by Crippen LogP contribution is 2.58. The molecule has 0 amide bonds. The molecule has 1 saturated carbocycles. The maximum absolute atomic E-state index is 9.86. The molecular weight excluding hydrogens is 317 g/mol. The van der Waals surface area contributed by atoms with Gasteiger partial charge >= 0.3 is 0 Å². The quantitative estimate of drug-likeness (QED) is 0.630. The number of hydrogen-bond donors (Lipinski definition) is 1. The van der Waals surface area contributed by atoms with Gasteiger partial charge in [-0.05, 0) is 24.7 Å². The normalized spacial score (nSPS) is 39.9. The van der Waals surface area contributed by atoms with Crippen molar-refractivity contribution in [1.82, 2.24) is 3.11 Å². The fourth-order valence-electron chi connectivity index (χ4n) is 3.73. The highest BCUT2D eigenvalue weighted by atomic mass is 127. The van der Waals surface area contributed by atoms with E-state index in [1.54, 1.807) is 7.11 Å². The van der Waals surface area contributed by atoms with Gasteiger partial charge in [-0.1, -0.05) is 12.8 Å². The van der Waals surface area contributed by atoms with Gasteiger partial charge in [0.2, 0.25) is 0 Å². The average molecular weight is 339 g/mol. The van der Waals surface area contributed by atoms with Gasteiger partial charge in [-0.25, -0.2) is 3.11 Å². The monoisotopic (exact) mass is 339 g/mol. The number of ether oxygens (including phenoxy) is 1. The van der Waals surface area contributed by atoms with Crippen LogP contribution in [0.4, 0.5) is 0 Å². The highest BCUT2D eigenvalue weighted by Gasteiger charge is 2.57. The third-order valence-corrected chi connectivity index (χ3v) is 5.40. The standard InChI is InChI=1S/C12H22INO2/c1-16-7-6-11-4-2-3-5-12(11,10-15)9-14(13)8-11/h15H,2-10H2,1H3. The fourth-order valence-corrected chi connectivity index (χ4v) is 5.03. The molecule has 2 unspecified atom stereocenters. The van der Waals surface area contributed by atoms with Crippen LogP contribution in [0.2, 0.25) is 0 Å². The molecule has 1 aliphatic carbocycles. The van der Waals surface area contributed by atoms with Crippen LogP contribution in [-0.2, 0) is 4.74 Å². The van der Waals surface area contributed by atoms with Gasteiger partial charge in [-0.15, -0.1) is 0 Å². The third-order valence-electron chi connectivity index (χ3n) is 4.72. The second-order valence-corrected chi connectivity index (χ2v) is 6.81. The van der Waals surface area contributed by atoms with Crippen LogP contribution in [0.1, 0.15) is 32.1 Å². The minimum atomic E-state index is 0.144. The predicted octanol–water partition coefficient (Wildman–Crippen LogP) is 2.23. The van der Waals surface area contributed by atoms with Crippen molar-refractivity contribution in [3.05, 3.63) is 0 Å². The van der Waals surface area contributed by atoms with E-state index in [9.17, 15) is 5.11 Å². The van der Waals surface area contributed by atoms with Crippen LogP contribution in [0.25, 0.3) is 0 Å². The zero-order valence-electron chi connectivity index (χ0n) is 10.0. The van der Waals surface area contributed by atoms with Gasteiger partial charge < -0.3 is 9.84 Å². The number of rotatable bonds is 4. The van der Waals surface area contributed by atoms with E-state index in [1.165, 1.54) is 25.7 Å². The van der Waals surface area contributed by atoms with Gasteiger partial charge in [0.1, 0.15) is 0 Å². The molecule has 0 aromatic heterocycles. The van der Waals surface area contributed by atoms with Crippen molar-refractivity contribution >= 4 is 22.9 Å². The molecule has 2 aliphatic rings. The lowest BCUT2D eigenvalue weighted by atomic mass is 9.57. The number of fused-ring (bicyclic) bond motifs is 1. The summed E-state index contributed by atoms with van der Waals surface area (Å²) in [4.78, 5) is 0. The summed E-state index contributed by atoms with van der Waals surface area (Å²) in [5.41, 5.74) is 0.447. The number of methoxy groups -OCH3 is 1. The first-order chi connectivity index (χ1) is 7.68. The van der Waals surface area contributed by atoms with Crippen LogP contribution < -0.4 is 0 Å². The Morgan fingerprint density at radius 1 is 1.25 bits per heavy atom. The van der Waals surface area contributed by atoms with E-state index in [4.69, 9.17) is 4.74 Å². The van der Waals surface area contributed by atoms with Gasteiger partial charge in [-0.2, -0.15) is 0 Å². The van der Waals surface area contributed by atoms with Crippen molar-refractivity contribution in [3.8, 4) is 0 Å². The molecule has 2 atom stereocenters. The summed E-state index contributed by atoms with van der Waals surface area (Å²) in [6, 6.07) is 0. The molecule has 0 radical (unpaired) electrons. The maximum Gasteiger partial charge on any atom is 0.0505 e. The van der Waals surface area contributed by atoms with Crippen molar-refractivity contribution in [2.45, 2.75) is 32.1 Å². The van der Waals surface area contributed by atoms with Crippen LogP contribution in [-0.4, -0.2) is 41.6 Å². The molecule has 1 saturated heterocycles. The molecule has 3 nitrogen and oxygen atoms in total. The van der Waals surface area contributed by atoms with E-state index in [-0.39, 0.29) is 5.41 Å². The first-order valence-corrected chi connectivity index (χ1v) is 7.15. The summed E-state index contributed by atoms with van der Waals surface area (Å²) in [5, 5.41) is 9.86. The van der Waals surface area contributed by atoms with Crippen LogP contribution >= 0.6 is 22.9 Å². The van der Waals surface area contributed by atoms with Crippen molar-refractivity contribution in [2.24, 2.45) is 10.8 Å². The summed E-state index contributed by atoms with van der Waals surface area (Å²) in [5.74, 6) is 0. The van der Waals surface area contributed by atoms with Crippen molar-refractivity contribution in [3.63, 3.8) is 0 Å². The van der Waals surface area contributed by atoms with E-state index < -0.39 is 0 Å². The zero-order valence-corrected chi connectivity index (χ0v) is 12.2. The van der Waals surface area contributed by atoms with E-state index in [1.807, 2.05) is 0 Å². The summed E-state index contributed by atoms with van der Waals surface area (Å²) in [7, 11) is 1.77. The summed E-state index contributed by atoms with van der Waals surface area (Å²) in [6.07, 6.45) is 6.14. The minimum Gasteiger partial charge on any atom is -0.396 e. The van der Waals surface area contributed by atoms with Gasteiger partial charge in [0.05, 0.1) is 6.61 Å². The Kier molecular flexibility index (Phi) is 4.14. The molecule has 94 valence electrons. The van der Waals surface area contributed by atoms with Crippen molar-refractivity contribution in [1.29, 1.82) is 0 Å². The molecule has 1 aliphatic heterocycles. The SMILES string of the molecule is COCCC12CCCCC1(CO)CN(I)C2. The smallest absolute Gasteiger partial charge is 0.0505 e. The Morgan fingerprint density at radius 2 is 1.88 bits per heavy atom. The number of halogens is 1. The molecule has 16 heavy (non-hydrogen) atoms. The van der Waals surface area contributed by atoms with E-state index in [0.29, 0.717) is 12.0 Å². The van der Waals surface area contributed by atoms with Gasteiger partial charge in [0.15, 0.2) is 0 Å². The Morgan fingerprint density at radius 3 is 2.50 bits per heavy atom. The van der Waals surface area contributed by atoms with Crippen molar-refractivity contribution < 1.29 is 9.84 Å². The first-order valence-electron chi connectivity index (χ1n) is 6.19. The van der Waals surface area contributed by atoms with Gasteiger partial charge in [0, 0.05) is 55.1 Å². The summed E-state index contributed by atoms with van der Waals surface area (Å²) in [6.45, 7) is 3.34. The third kappa shape index (κ3) is 2.02. The Balaban J connectivity index is 2.21. The second kappa shape index (κ2) is 5.08. The van der Waals surface area contributed by atoms with Gasteiger partial charge in [0.25, 0.3) is 0 Å². The molecule has 0 spiro atoms. The molecule has 0 aromatic carbocycles. The summed E-state index contributed by atoms with van der Waals surface area (Å²) >= 11 is 2.41. The molecule has 4 heteroatoms. The van der Waals surface area contributed by atoms with E-state index >= 15 is 0 Å². The lowest BCUT2D eigenvalue weighted by molar-refractivity contribution is -0.0328.